The molecule has 0 saturated heterocycles. The van der Waals surface area contributed by atoms with E-state index in [2.05, 4.69) is 286 Å². The van der Waals surface area contributed by atoms with Crippen LogP contribution in [0.15, 0.2) is 218 Å². The minimum Gasteiger partial charge on any atom is -0.310 e. The zero-order valence-corrected chi connectivity index (χ0v) is 44.7. The molecule has 364 valence electrons. The predicted molar refractivity (Wildman–Crippen MR) is 315 cm³/mol. The first kappa shape index (κ1) is 45.6. The third-order valence-electron chi connectivity index (χ3n) is 18.1. The van der Waals surface area contributed by atoms with E-state index in [1.54, 1.807) is 0 Å². The third kappa shape index (κ3) is 6.31. The fraction of sp³-hybridized carbons (Fsp3) is 0.189. The largest absolute Gasteiger partial charge is 0.310 e. The lowest BCUT2D eigenvalue weighted by molar-refractivity contribution is 0.589. The van der Waals surface area contributed by atoms with Crippen LogP contribution in [0.1, 0.15) is 124 Å². The van der Waals surface area contributed by atoms with Gasteiger partial charge in [-0.2, -0.15) is 0 Å². The molecule has 1 unspecified atom stereocenters. The summed E-state index contributed by atoms with van der Waals surface area (Å²) in [4.78, 5) is 2.56. The Balaban J connectivity index is 1.03. The first-order chi connectivity index (χ1) is 36.1. The van der Waals surface area contributed by atoms with Crippen molar-refractivity contribution in [3.63, 3.8) is 0 Å². The van der Waals surface area contributed by atoms with Gasteiger partial charge in [0.15, 0.2) is 0 Å². The van der Waals surface area contributed by atoms with E-state index in [0.717, 1.165) is 17.1 Å². The van der Waals surface area contributed by atoms with E-state index in [1.807, 2.05) is 0 Å². The lowest BCUT2D eigenvalue weighted by Gasteiger charge is -2.33. The second-order valence-electron chi connectivity index (χ2n) is 24.6. The van der Waals surface area contributed by atoms with Gasteiger partial charge in [0.25, 0.3) is 0 Å². The normalized spacial score (nSPS) is 16.6. The van der Waals surface area contributed by atoms with Crippen molar-refractivity contribution in [3.05, 3.63) is 280 Å². The second kappa shape index (κ2) is 15.8. The van der Waals surface area contributed by atoms with Crippen LogP contribution in [0.3, 0.4) is 0 Å². The van der Waals surface area contributed by atoms with Crippen LogP contribution in [0.25, 0.3) is 55.6 Å². The lowest BCUT2D eigenvalue weighted by atomic mass is 9.70. The molecule has 0 fully saturated rings. The molecule has 0 heterocycles. The lowest BCUT2D eigenvalue weighted by Crippen LogP contribution is -2.26. The van der Waals surface area contributed by atoms with E-state index in [4.69, 9.17) is 0 Å². The highest BCUT2D eigenvalue weighted by atomic mass is 15.1. The highest BCUT2D eigenvalue weighted by Gasteiger charge is 2.52. The summed E-state index contributed by atoms with van der Waals surface area (Å²) in [5.41, 5.74) is 30.3. The van der Waals surface area contributed by atoms with Crippen molar-refractivity contribution in [3.8, 4) is 55.6 Å². The van der Waals surface area contributed by atoms with Gasteiger partial charge in [-0.3, -0.25) is 0 Å². The summed E-state index contributed by atoms with van der Waals surface area (Å²) < 4.78 is 0. The van der Waals surface area contributed by atoms with Gasteiger partial charge in [0.2, 0.25) is 0 Å². The maximum Gasteiger partial charge on any atom is 0.0726 e. The summed E-state index contributed by atoms with van der Waals surface area (Å²) >= 11 is 0. The van der Waals surface area contributed by atoms with E-state index < -0.39 is 5.41 Å². The number of benzene rings is 10. The fourth-order valence-electron chi connectivity index (χ4n) is 14.3. The van der Waals surface area contributed by atoms with Crippen molar-refractivity contribution in [2.24, 2.45) is 0 Å². The van der Waals surface area contributed by atoms with Crippen molar-refractivity contribution in [1.82, 2.24) is 0 Å². The van der Waals surface area contributed by atoms with E-state index in [1.165, 1.54) is 117 Å². The Bertz CT molecular complexity index is 3960. The van der Waals surface area contributed by atoms with Gasteiger partial charge in [0.05, 0.1) is 5.41 Å². The van der Waals surface area contributed by atoms with Crippen LogP contribution in [0, 0.1) is 0 Å². The average molecular weight is 966 g/mol. The van der Waals surface area contributed by atoms with Gasteiger partial charge in [-0.15, -0.1) is 0 Å². The molecular weight excluding hydrogens is 903 g/mol. The minimum atomic E-state index is -0.524. The van der Waals surface area contributed by atoms with Crippen molar-refractivity contribution >= 4 is 17.1 Å². The second-order valence-corrected chi connectivity index (χ2v) is 24.6. The molecule has 1 nitrogen and oxygen atoms in total. The third-order valence-corrected chi connectivity index (χ3v) is 18.1. The summed E-state index contributed by atoms with van der Waals surface area (Å²) in [5, 5.41) is 0. The summed E-state index contributed by atoms with van der Waals surface area (Å²) in [6.45, 7) is 21.3. The van der Waals surface area contributed by atoms with E-state index in [9.17, 15) is 0 Å². The molecule has 0 aliphatic heterocycles. The summed E-state index contributed by atoms with van der Waals surface area (Å²) in [7, 11) is 0. The minimum absolute atomic E-state index is 0.00629. The smallest absolute Gasteiger partial charge is 0.0726 e. The number of rotatable bonds is 5. The first-order valence-electron chi connectivity index (χ1n) is 27.1. The molecule has 0 aromatic heterocycles. The van der Waals surface area contributed by atoms with Crippen molar-refractivity contribution in [2.75, 3.05) is 4.90 Å². The summed E-state index contributed by atoms with van der Waals surface area (Å²) in [6.07, 6.45) is 0. The quantitative estimate of drug-likeness (QED) is 0.166. The molecular formula is C74H63N. The summed E-state index contributed by atoms with van der Waals surface area (Å²) in [5.74, 6) is 0. The van der Waals surface area contributed by atoms with Gasteiger partial charge in [0, 0.05) is 27.9 Å². The van der Waals surface area contributed by atoms with Gasteiger partial charge in [0.1, 0.15) is 0 Å². The molecule has 14 rings (SSSR count). The highest BCUT2D eigenvalue weighted by molar-refractivity contribution is 5.98. The number of anilines is 3. The van der Waals surface area contributed by atoms with E-state index in [0.29, 0.717) is 0 Å². The molecule has 4 aliphatic rings. The van der Waals surface area contributed by atoms with E-state index in [-0.39, 0.29) is 21.7 Å². The monoisotopic (exact) mass is 965 g/mol. The molecule has 0 N–H and O–H groups in total. The average Bonchev–Trinajstić information content (AvgIpc) is 4.24. The molecule has 0 amide bonds. The fourth-order valence-corrected chi connectivity index (χ4v) is 14.3. The molecule has 0 radical (unpaired) electrons. The molecule has 1 atom stereocenters. The van der Waals surface area contributed by atoms with E-state index >= 15 is 0 Å². The van der Waals surface area contributed by atoms with Crippen LogP contribution in [-0.2, 0) is 27.1 Å². The molecule has 4 aliphatic carbocycles. The summed E-state index contributed by atoms with van der Waals surface area (Å²) in [6, 6.07) is 84.2. The SMILES string of the molecule is CC(C)(C)c1ccc2c(c1)-c1cc(C(C)(C)C)ccc1C21c2ccccc2-c2ccc(N(c3cccc(-c4cccc5c4C(C)(C)c4ccccc4-5)c3)c3ccc4c(c3)C(C)(c3ccccc3)c3ccccc3-4)cc21. The van der Waals surface area contributed by atoms with Crippen molar-refractivity contribution in [1.29, 1.82) is 0 Å². The molecule has 10 aromatic carbocycles. The van der Waals surface area contributed by atoms with Crippen LogP contribution >= 0.6 is 0 Å². The van der Waals surface area contributed by atoms with Gasteiger partial charge in [-0.25, -0.2) is 0 Å². The van der Waals surface area contributed by atoms with Crippen molar-refractivity contribution in [2.45, 2.75) is 89.4 Å². The molecule has 75 heavy (non-hydrogen) atoms. The molecule has 0 saturated carbocycles. The van der Waals surface area contributed by atoms with Crippen molar-refractivity contribution < 1.29 is 0 Å². The van der Waals surface area contributed by atoms with Gasteiger partial charge in [-0.1, -0.05) is 237 Å². The van der Waals surface area contributed by atoms with Gasteiger partial charge >= 0.3 is 0 Å². The predicted octanol–water partition coefficient (Wildman–Crippen LogP) is 19.4. The van der Waals surface area contributed by atoms with Crippen LogP contribution in [0.5, 0.6) is 0 Å². The first-order valence-corrected chi connectivity index (χ1v) is 27.1. The maximum absolute atomic E-state index is 2.56. The topological polar surface area (TPSA) is 3.24 Å². The zero-order valence-electron chi connectivity index (χ0n) is 44.7. The van der Waals surface area contributed by atoms with Crippen LogP contribution in [0.2, 0.25) is 0 Å². The standard InChI is InChI=1S/C74H63N/c1-70(2,3)48-33-39-65-60(42-48)61-43-49(71(4,5)6)34-40-66(61)74(65)64-32-18-15-26-55(64)58-38-36-52(45-68(58)74)75(51-35-37-57-54-25-14-17-31-63(54)73(9,67(57)44-51)47-22-11-10-12-23-47)50-24-19-21-46(41-50)53-28-20-29-59-56-27-13-16-30-62(56)72(7,8)69(53)59/h10-45H,1-9H3. The van der Waals surface area contributed by atoms with Crippen LogP contribution < -0.4 is 4.90 Å². The number of hydrogen-bond donors (Lipinski definition) is 0. The Labute approximate surface area is 444 Å². The molecule has 1 spiro atoms. The van der Waals surface area contributed by atoms with Gasteiger partial charge < -0.3 is 4.90 Å². The Morgan fingerprint density at radius 3 is 1.39 bits per heavy atom. The van der Waals surface area contributed by atoms with Gasteiger partial charge in [-0.05, 0) is 171 Å². The van der Waals surface area contributed by atoms with Crippen LogP contribution in [0.4, 0.5) is 17.1 Å². The maximum atomic E-state index is 2.56. The Hall–Kier alpha value is -8.00. The highest BCUT2D eigenvalue weighted by Crippen LogP contribution is 2.64. The number of hydrogen-bond acceptors (Lipinski definition) is 1. The molecule has 1 heteroatoms. The van der Waals surface area contributed by atoms with Crippen LogP contribution in [-0.4, -0.2) is 0 Å². The Morgan fingerprint density at radius 1 is 0.307 bits per heavy atom. The molecule has 0 bridgehead atoms. The number of nitrogens with zero attached hydrogens (tertiary/aromatic N) is 1. The molecule has 10 aromatic rings. The zero-order chi connectivity index (χ0) is 51.4. The Morgan fingerprint density at radius 2 is 0.760 bits per heavy atom. The Kier molecular flexibility index (Phi) is 9.58. The number of fused-ring (bicyclic) bond motifs is 16.